The van der Waals surface area contributed by atoms with E-state index in [-0.39, 0.29) is 24.6 Å². The van der Waals surface area contributed by atoms with Gasteiger partial charge in [-0.15, -0.1) is 0 Å². The Balaban J connectivity index is 1.61. The number of carbonyl (C=O) groups is 2. The fourth-order valence-corrected chi connectivity index (χ4v) is 3.46. The lowest BCUT2D eigenvalue weighted by Crippen LogP contribution is -2.53. The number of nitrogens with one attached hydrogen (secondary N) is 1. The summed E-state index contributed by atoms with van der Waals surface area (Å²) in [5.41, 5.74) is 1.58. The van der Waals surface area contributed by atoms with Gasteiger partial charge in [-0.2, -0.15) is 0 Å². The maximum absolute atomic E-state index is 12.8. The minimum Gasteiger partial charge on any atom is -0.480 e. The van der Waals surface area contributed by atoms with Gasteiger partial charge in [-0.3, -0.25) is 24.4 Å². The molecule has 2 aromatic rings. The molecule has 0 radical (unpaired) electrons. The molecule has 0 saturated carbocycles. The first-order valence-corrected chi connectivity index (χ1v) is 9.34. The first kappa shape index (κ1) is 20.2. The van der Waals surface area contributed by atoms with Crippen molar-refractivity contribution in [2.24, 2.45) is 0 Å². The topological polar surface area (TPSA) is 95.0 Å². The number of benzene rings is 1. The smallest absolute Gasteiger partial charge is 0.317 e. The standard InChI is InChI=1S/C20H26N4O4/c1-14(24-9-10-28-15(12-24)11-23(2)13-19(25)26)20(27)22-18-7-3-6-17-16(18)5-4-8-21-17/h3-8,14-15H,9-13H2,1-2H3,(H,22,27)(H,25,26). The molecule has 0 bridgehead atoms. The van der Waals surface area contributed by atoms with Crippen molar-refractivity contribution in [3.8, 4) is 0 Å². The summed E-state index contributed by atoms with van der Waals surface area (Å²) in [6.07, 6.45) is 1.60. The van der Waals surface area contributed by atoms with Crippen molar-refractivity contribution in [1.82, 2.24) is 14.8 Å². The van der Waals surface area contributed by atoms with E-state index in [9.17, 15) is 9.59 Å². The van der Waals surface area contributed by atoms with Crippen molar-refractivity contribution in [2.45, 2.75) is 19.1 Å². The van der Waals surface area contributed by atoms with E-state index in [0.29, 0.717) is 26.2 Å². The SMILES string of the molecule is CC(C(=O)Nc1cccc2ncccc12)N1CCOC(CN(C)CC(=O)O)C1. The number of aromatic nitrogens is 1. The Bertz CT molecular complexity index is 839. The largest absolute Gasteiger partial charge is 0.480 e. The third-order valence-corrected chi connectivity index (χ3v) is 4.92. The lowest BCUT2D eigenvalue weighted by atomic mass is 10.1. The number of hydrogen-bond donors (Lipinski definition) is 2. The van der Waals surface area contributed by atoms with Crippen molar-refractivity contribution in [1.29, 1.82) is 0 Å². The van der Waals surface area contributed by atoms with Crippen LogP contribution in [0.1, 0.15) is 6.92 Å². The van der Waals surface area contributed by atoms with Crippen molar-refractivity contribution in [3.05, 3.63) is 36.5 Å². The number of aliphatic carboxylic acids is 1. The highest BCUT2D eigenvalue weighted by Gasteiger charge is 2.29. The summed E-state index contributed by atoms with van der Waals surface area (Å²) in [5.74, 6) is -0.955. The van der Waals surface area contributed by atoms with E-state index >= 15 is 0 Å². The molecule has 0 aliphatic carbocycles. The second kappa shape index (κ2) is 9.09. The number of pyridine rings is 1. The van der Waals surface area contributed by atoms with Crippen LogP contribution in [0.15, 0.2) is 36.5 Å². The molecule has 28 heavy (non-hydrogen) atoms. The first-order chi connectivity index (χ1) is 13.4. The molecule has 3 rings (SSSR count). The van der Waals surface area contributed by atoms with Crippen LogP contribution in [0, 0.1) is 0 Å². The summed E-state index contributed by atoms with van der Waals surface area (Å²) in [6.45, 7) is 4.10. The van der Waals surface area contributed by atoms with Gasteiger partial charge in [0, 0.05) is 31.2 Å². The first-order valence-electron chi connectivity index (χ1n) is 9.34. The van der Waals surface area contributed by atoms with Crippen molar-refractivity contribution < 1.29 is 19.4 Å². The van der Waals surface area contributed by atoms with Gasteiger partial charge in [0.2, 0.25) is 5.91 Å². The molecule has 2 unspecified atom stereocenters. The number of rotatable bonds is 7. The van der Waals surface area contributed by atoms with Crippen LogP contribution in [0.2, 0.25) is 0 Å². The van der Waals surface area contributed by atoms with E-state index in [4.69, 9.17) is 9.84 Å². The van der Waals surface area contributed by atoms with Crippen molar-refractivity contribution >= 4 is 28.5 Å². The summed E-state index contributed by atoms with van der Waals surface area (Å²) < 4.78 is 5.75. The van der Waals surface area contributed by atoms with Crippen molar-refractivity contribution in [2.75, 3.05) is 45.2 Å². The predicted molar refractivity (Wildman–Crippen MR) is 106 cm³/mol. The Morgan fingerprint density at radius 2 is 2.21 bits per heavy atom. The number of anilines is 1. The maximum atomic E-state index is 12.8. The van der Waals surface area contributed by atoms with Gasteiger partial charge in [0.25, 0.3) is 0 Å². The number of carboxylic acids is 1. The number of ether oxygens (including phenoxy) is 1. The monoisotopic (exact) mass is 386 g/mol. The number of fused-ring (bicyclic) bond motifs is 1. The summed E-state index contributed by atoms with van der Waals surface area (Å²) in [5, 5.41) is 12.8. The zero-order valence-corrected chi connectivity index (χ0v) is 16.2. The van der Waals surface area contributed by atoms with Crippen LogP contribution in [-0.2, 0) is 14.3 Å². The molecule has 1 aliphatic rings. The molecular formula is C20H26N4O4. The average Bonchev–Trinajstić information content (AvgIpc) is 2.67. The molecule has 0 spiro atoms. The van der Waals surface area contributed by atoms with Gasteiger partial charge in [-0.1, -0.05) is 6.07 Å². The normalized spacial score (nSPS) is 18.9. The predicted octanol–water partition coefficient (Wildman–Crippen LogP) is 1.28. The summed E-state index contributed by atoms with van der Waals surface area (Å²) >= 11 is 0. The van der Waals surface area contributed by atoms with Crippen molar-refractivity contribution in [3.63, 3.8) is 0 Å². The highest BCUT2D eigenvalue weighted by atomic mass is 16.5. The molecule has 1 amide bonds. The van der Waals surface area contributed by atoms with Gasteiger partial charge in [0.15, 0.2) is 0 Å². The number of nitrogens with zero attached hydrogens (tertiary/aromatic N) is 3. The average molecular weight is 386 g/mol. The third-order valence-electron chi connectivity index (χ3n) is 4.92. The zero-order chi connectivity index (χ0) is 20.1. The lowest BCUT2D eigenvalue weighted by molar-refractivity contribution is -0.138. The molecular weight excluding hydrogens is 360 g/mol. The van der Waals surface area contributed by atoms with E-state index in [1.54, 1.807) is 18.1 Å². The van der Waals surface area contributed by atoms with Gasteiger partial charge in [0.1, 0.15) is 0 Å². The Kier molecular flexibility index (Phi) is 6.56. The number of likely N-dealkylation sites (N-methyl/N-ethyl adjacent to an activating group) is 1. The molecule has 150 valence electrons. The molecule has 1 aliphatic heterocycles. The van der Waals surface area contributed by atoms with E-state index in [0.717, 1.165) is 16.6 Å². The Hall–Kier alpha value is -2.55. The van der Waals surface area contributed by atoms with Crippen LogP contribution in [0.3, 0.4) is 0 Å². The number of carboxylic acid groups (broad SMARTS) is 1. The maximum Gasteiger partial charge on any atom is 0.317 e. The van der Waals surface area contributed by atoms with Crippen LogP contribution >= 0.6 is 0 Å². The number of morpholine rings is 1. The molecule has 1 aromatic heterocycles. The minimum atomic E-state index is -0.868. The van der Waals surface area contributed by atoms with Gasteiger partial charge >= 0.3 is 5.97 Å². The van der Waals surface area contributed by atoms with E-state index in [2.05, 4.69) is 15.2 Å². The quantitative estimate of drug-likeness (QED) is 0.740. The molecule has 2 N–H and O–H groups in total. The Morgan fingerprint density at radius 3 is 3.00 bits per heavy atom. The molecule has 2 atom stereocenters. The van der Waals surface area contributed by atoms with E-state index < -0.39 is 5.97 Å². The molecule has 2 heterocycles. The molecule has 1 aromatic carbocycles. The summed E-state index contributed by atoms with van der Waals surface area (Å²) in [7, 11) is 1.75. The second-order valence-electron chi connectivity index (χ2n) is 7.12. The number of hydrogen-bond acceptors (Lipinski definition) is 6. The summed E-state index contributed by atoms with van der Waals surface area (Å²) in [4.78, 5) is 31.8. The van der Waals surface area contributed by atoms with Gasteiger partial charge in [-0.25, -0.2) is 0 Å². The number of carbonyl (C=O) groups excluding carboxylic acids is 1. The van der Waals surface area contributed by atoms with Crippen LogP contribution in [0.25, 0.3) is 10.9 Å². The molecule has 8 heteroatoms. The highest BCUT2D eigenvalue weighted by molar-refractivity contribution is 6.02. The second-order valence-corrected chi connectivity index (χ2v) is 7.12. The van der Waals surface area contributed by atoms with E-state index in [1.165, 1.54) is 0 Å². The van der Waals surface area contributed by atoms with Crippen LogP contribution < -0.4 is 5.32 Å². The third kappa shape index (κ3) is 5.03. The Morgan fingerprint density at radius 1 is 1.39 bits per heavy atom. The molecule has 1 saturated heterocycles. The lowest BCUT2D eigenvalue weighted by Gasteiger charge is -2.37. The fourth-order valence-electron chi connectivity index (χ4n) is 3.46. The minimum absolute atomic E-state index is 0.0367. The van der Waals surface area contributed by atoms with Crippen LogP contribution in [0.5, 0.6) is 0 Å². The number of amides is 1. The molecule has 1 fully saturated rings. The van der Waals surface area contributed by atoms with Crippen LogP contribution in [0.4, 0.5) is 5.69 Å². The Labute approximate surface area is 164 Å². The molecule has 8 nitrogen and oxygen atoms in total. The van der Waals surface area contributed by atoms with Gasteiger partial charge < -0.3 is 15.2 Å². The zero-order valence-electron chi connectivity index (χ0n) is 16.2. The van der Waals surface area contributed by atoms with Gasteiger partial charge in [0.05, 0.1) is 36.5 Å². The highest BCUT2D eigenvalue weighted by Crippen LogP contribution is 2.22. The van der Waals surface area contributed by atoms with E-state index in [1.807, 2.05) is 37.3 Å². The van der Waals surface area contributed by atoms with Crippen LogP contribution in [-0.4, -0.2) is 83.7 Å². The summed E-state index contributed by atoms with van der Waals surface area (Å²) in [6, 6.07) is 9.11. The fraction of sp³-hybridized carbons (Fsp3) is 0.450. The van der Waals surface area contributed by atoms with Gasteiger partial charge in [-0.05, 0) is 38.2 Å².